The van der Waals surface area contributed by atoms with E-state index < -0.39 is 32.6 Å². The number of benzene rings is 2. The molecule has 8 nitrogen and oxygen atoms in total. The summed E-state index contributed by atoms with van der Waals surface area (Å²) in [6.45, 7) is 1.10. The van der Waals surface area contributed by atoms with Gasteiger partial charge in [0.05, 0.1) is 30.6 Å². The number of halogens is 3. The average Bonchev–Trinajstić information content (AvgIpc) is 2.58. The monoisotopic (exact) mass is 452 g/mol. The first-order chi connectivity index (χ1) is 12.5. The van der Waals surface area contributed by atoms with E-state index in [0.717, 1.165) is 37.3 Å². The highest BCUT2D eigenvalue weighted by molar-refractivity contribution is 7.93. The number of nitro benzene ring substituents is 1. The fourth-order valence-electron chi connectivity index (χ4n) is 2.18. The van der Waals surface area contributed by atoms with Crippen LogP contribution in [0, 0.1) is 10.1 Å². The zero-order valence-electron chi connectivity index (χ0n) is 13.5. The number of nitro groups is 1. The summed E-state index contributed by atoms with van der Waals surface area (Å²) in [5, 5.41) is 20.3. The molecular formula is C15H11Cl3N2O6S. The maximum atomic E-state index is 13.1. The molecule has 0 aliphatic heterocycles. The maximum Gasteiger partial charge on any atom is 0.327 e. The normalized spacial score (nSPS) is 12.4. The molecular weight excluding hydrogens is 443 g/mol. The number of carboxylic acids is 1. The molecule has 12 heteroatoms. The number of non-ortho nitro benzene ring substituents is 1. The molecule has 2 aromatic rings. The number of aliphatic carboxylic acids is 1. The Kier molecular flexibility index (Phi) is 6.21. The maximum absolute atomic E-state index is 13.1. The molecule has 0 bridgehead atoms. The smallest absolute Gasteiger partial charge is 0.327 e. The molecule has 0 spiro atoms. The van der Waals surface area contributed by atoms with Crippen LogP contribution in [0.25, 0.3) is 0 Å². The fourth-order valence-corrected chi connectivity index (χ4v) is 4.45. The van der Waals surface area contributed by atoms with Crippen LogP contribution in [0.3, 0.4) is 0 Å². The van der Waals surface area contributed by atoms with Crippen LogP contribution >= 0.6 is 34.8 Å². The number of nitrogens with zero attached hydrogens (tertiary/aromatic N) is 2. The first-order valence-corrected chi connectivity index (χ1v) is 9.70. The van der Waals surface area contributed by atoms with Gasteiger partial charge in [0, 0.05) is 12.1 Å². The quantitative estimate of drug-likeness (QED) is 0.517. The second-order valence-electron chi connectivity index (χ2n) is 5.28. The molecule has 0 heterocycles. The second kappa shape index (κ2) is 7.89. The van der Waals surface area contributed by atoms with Gasteiger partial charge in [-0.1, -0.05) is 34.8 Å². The zero-order valence-corrected chi connectivity index (χ0v) is 16.6. The van der Waals surface area contributed by atoms with Crippen molar-refractivity contribution in [2.24, 2.45) is 0 Å². The molecule has 1 N–H and O–H groups in total. The predicted molar refractivity (Wildman–Crippen MR) is 101 cm³/mol. The van der Waals surface area contributed by atoms with E-state index in [0.29, 0.717) is 4.31 Å². The molecule has 27 heavy (non-hydrogen) atoms. The van der Waals surface area contributed by atoms with Gasteiger partial charge in [-0.05, 0) is 31.2 Å². The Labute approximate surface area is 169 Å². The molecule has 0 saturated heterocycles. The van der Waals surface area contributed by atoms with E-state index in [1.807, 2.05) is 0 Å². The topological polar surface area (TPSA) is 118 Å². The van der Waals surface area contributed by atoms with Crippen LogP contribution in [0.2, 0.25) is 15.1 Å². The summed E-state index contributed by atoms with van der Waals surface area (Å²) in [5.74, 6) is -1.48. The minimum Gasteiger partial charge on any atom is -0.480 e. The highest BCUT2D eigenvalue weighted by atomic mass is 35.5. The van der Waals surface area contributed by atoms with E-state index in [4.69, 9.17) is 34.8 Å². The summed E-state index contributed by atoms with van der Waals surface area (Å²) < 4.78 is 26.7. The number of rotatable bonds is 6. The molecule has 2 rings (SSSR count). The van der Waals surface area contributed by atoms with Gasteiger partial charge in [-0.25, -0.2) is 13.2 Å². The Bertz CT molecular complexity index is 1030. The van der Waals surface area contributed by atoms with Crippen molar-refractivity contribution in [1.29, 1.82) is 0 Å². The SMILES string of the molecule is CC(C(=O)O)N(c1cc([N+](=O)[O-])ccc1Cl)S(=O)(=O)c1ccc(Cl)c(Cl)c1. The molecule has 0 radical (unpaired) electrons. The number of sulfonamides is 1. The third kappa shape index (κ3) is 4.27. The molecule has 0 aromatic heterocycles. The van der Waals surface area contributed by atoms with Gasteiger partial charge in [-0.3, -0.25) is 14.4 Å². The summed E-state index contributed by atoms with van der Waals surface area (Å²) in [4.78, 5) is 21.4. The molecule has 1 unspecified atom stereocenters. The lowest BCUT2D eigenvalue weighted by Gasteiger charge is -2.28. The van der Waals surface area contributed by atoms with E-state index in [2.05, 4.69) is 0 Å². The fraction of sp³-hybridized carbons (Fsp3) is 0.133. The van der Waals surface area contributed by atoms with Crippen LogP contribution in [0.5, 0.6) is 0 Å². The standard InChI is InChI=1S/C15H11Cl3N2O6S/c1-8(15(21)22)19(14-6-9(20(23)24)2-4-12(14)17)27(25,26)10-3-5-11(16)13(18)7-10/h2-8H,1H3,(H,21,22). The Balaban J connectivity index is 2.76. The van der Waals surface area contributed by atoms with Crippen LogP contribution in [0.4, 0.5) is 11.4 Å². The first kappa shape index (κ1) is 21.2. The molecule has 144 valence electrons. The van der Waals surface area contributed by atoms with Crippen molar-refractivity contribution < 1.29 is 23.2 Å². The summed E-state index contributed by atoms with van der Waals surface area (Å²) in [6, 6.07) is 4.86. The third-order valence-electron chi connectivity index (χ3n) is 3.53. The number of anilines is 1. The largest absolute Gasteiger partial charge is 0.480 e. The highest BCUT2D eigenvalue weighted by Gasteiger charge is 2.35. The Hall–Kier alpha value is -2.07. The van der Waals surface area contributed by atoms with E-state index in [1.165, 1.54) is 6.07 Å². The van der Waals surface area contributed by atoms with Gasteiger partial charge in [0.15, 0.2) is 0 Å². The summed E-state index contributed by atoms with van der Waals surface area (Å²) in [5.41, 5.74) is -0.812. The summed E-state index contributed by atoms with van der Waals surface area (Å²) in [7, 11) is -4.50. The van der Waals surface area contributed by atoms with E-state index >= 15 is 0 Å². The van der Waals surface area contributed by atoms with Gasteiger partial charge in [0.2, 0.25) is 0 Å². The molecule has 0 amide bonds. The lowest BCUT2D eigenvalue weighted by Crippen LogP contribution is -2.43. The van der Waals surface area contributed by atoms with Crippen molar-refractivity contribution >= 4 is 62.2 Å². The van der Waals surface area contributed by atoms with Crippen molar-refractivity contribution in [3.05, 3.63) is 61.6 Å². The van der Waals surface area contributed by atoms with Gasteiger partial charge < -0.3 is 5.11 Å². The molecule has 0 saturated carbocycles. The van der Waals surface area contributed by atoms with Crippen LogP contribution in [-0.2, 0) is 14.8 Å². The second-order valence-corrected chi connectivity index (χ2v) is 8.32. The summed E-state index contributed by atoms with van der Waals surface area (Å²) >= 11 is 17.7. The lowest BCUT2D eigenvalue weighted by atomic mass is 10.2. The van der Waals surface area contributed by atoms with Crippen LogP contribution in [0.15, 0.2) is 41.3 Å². The van der Waals surface area contributed by atoms with Crippen molar-refractivity contribution in [3.8, 4) is 0 Å². The van der Waals surface area contributed by atoms with Crippen LogP contribution in [0.1, 0.15) is 6.92 Å². The van der Waals surface area contributed by atoms with Gasteiger partial charge in [0.25, 0.3) is 15.7 Å². The van der Waals surface area contributed by atoms with Gasteiger partial charge in [-0.15, -0.1) is 0 Å². The van der Waals surface area contributed by atoms with Gasteiger partial charge >= 0.3 is 5.97 Å². The molecule has 0 aliphatic rings. The molecule has 1 atom stereocenters. The Morgan fingerprint density at radius 2 is 1.70 bits per heavy atom. The predicted octanol–water partition coefficient (Wildman–Crippen LogP) is 4.22. The van der Waals surface area contributed by atoms with E-state index in [9.17, 15) is 28.4 Å². The van der Waals surface area contributed by atoms with Crippen molar-refractivity contribution in [2.75, 3.05) is 4.31 Å². The third-order valence-corrected chi connectivity index (χ3v) is 6.47. The molecule has 2 aromatic carbocycles. The van der Waals surface area contributed by atoms with Crippen molar-refractivity contribution in [3.63, 3.8) is 0 Å². The van der Waals surface area contributed by atoms with Gasteiger partial charge in [-0.2, -0.15) is 0 Å². The van der Waals surface area contributed by atoms with Gasteiger partial charge in [0.1, 0.15) is 6.04 Å². The molecule has 0 aliphatic carbocycles. The Morgan fingerprint density at radius 1 is 1.11 bits per heavy atom. The number of hydrogen-bond acceptors (Lipinski definition) is 5. The highest BCUT2D eigenvalue weighted by Crippen LogP contribution is 2.36. The lowest BCUT2D eigenvalue weighted by molar-refractivity contribution is -0.384. The number of carboxylic acid groups (broad SMARTS) is 1. The minimum absolute atomic E-state index is 0.0641. The number of hydrogen-bond donors (Lipinski definition) is 1. The summed E-state index contributed by atoms with van der Waals surface area (Å²) in [6.07, 6.45) is 0. The average molecular weight is 454 g/mol. The minimum atomic E-state index is -4.50. The van der Waals surface area contributed by atoms with Crippen LogP contribution in [-0.4, -0.2) is 30.5 Å². The number of carbonyl (C=O) groups is 1. The zero-order chi connectivity index (χ0) is 20.5. The molecule has 0 fully saturated rings. The first-order valence-electron chi connectivity index (χ1n) is 7.13. The van der Waals surface area contributed by atoms with Crippen molar-refractivity contribution in [2.45, 2.75) is 17.9 Å². The van der Waals surface area contributed by atoms with Crippen LogP contribution < -0.4 is 4.31 Å². The van der Waals surface area contributed by atoms with E-state index in [1.54, 1.807) is 0 Å². The van der Waals surface area contributed by atoms with E-state index in [-0.39, 0.29) is 25.7 Å². The Morgan fingerprint density at radius 3 is 2.22 bits per heavy atom. The van der Waals surface area contributed by atoms with Crippen molar-refractivity contribution in [1.82, 2.24) is 0 Å².